The van der Waals surface area contributed by atoms with E-state index in [9.17, 15) is 4.79 Å². The van der Waals surface area contributed by atoms with E-state index < -0.39 is 7.82 Å². The molecule has 3 rings (SSSR count). The molecule has 1 heterocycles. The van der Waals surface area contributed by atoms with Gasteiger partial charge in [-0.1, -0.05) is 36.9 Å². The first-order chi connectivity index (χ1) is 13.5. The van der Waals surface area contributed by atoms with E-state index in [2.05, 4.69) is 67.2 Å². The van der Waals surface area contributed by atoms with Crippen molar-refractivity contribution >= 4 is 36.7 Å². The van der Waals surface area contributed by atoms with Crippen LogP contribution in [0.15, 0.2) is 52.3 Å². The molecule has 2 aromatic carbocycles. The molecule has 3 N–H and O–H groups in total. The van der Waals surface area contributed by atoms with Crippen LogP contribution in [0.3, 0.4) is 0 Å². The fourth-order valence-electron chi connectivity index (χ4n) is 2.83. The standard InChI is InChI=1S/C20H24N2OS.H3O4P/c1-5-18(23)15-10-11-20-17(12-15)22(13-14(2)21(3)4)16-8-6-7-9-19(16)24-20;1-5(2,3)4/h6-12,14H,5,13H2,1-4H3;(H3,1,2,3,4). The Morgan fingerprint density at radius 2 is 1.69 bits per heavy atom. The topological polar surface area (TPSA) is 101 Å². The van der Waals surface area contributed by atoms with Crippen LogP contribution in [0.1, 0.15) is 30.6 Å². The fraction of sp³-hybridized carbons (Fsp3) is 0.350. The molecule has 0 fully saturated rings. The highest BCUT2D eigenvalue weighted by atomic mass is 32.2. The van der Waals surface area contributed by atoms with Gasteiger partial charge >= 0.3 is 7.82 Å². The minimum atomic E-state index is -4.64. The molecule has 0 saturated carbocycles. The van der Waals surface area contributed by atoms with Gasteiger partial charge in [-0.25, -0.2) is 4.57 Å². The first-order valence-electron chi connectivity index (χ1n) is 9.17. The Morgan fingerprint density at radius 1 is 1.10 bits per heavy atom. The van der Waals surface area contributed by atoms with E-state index in [-0.39, 0.29) is 5.78 Å². The van der Waals surface area contributed by atoms with E-state index in [1.54, 1.807) is 11.8 Å². The summed E-state index contributed by atoms with van der Waals surface area (Å²) in [7, 11) is -0.430. The molecule has 29 heavy (non-hydrogen) atoms. The lowest BCUT2D eigenvalue weighted by molar-refractivity contribution is 0.0988. The number of benzene rings is 2. The Bertz CT molecular complexity index is 907. The zero-order chi connectivity index (χ0) is 21.8. The van der Waals surface area contributed by atoms with Gasteiger partial charge in [0.1, 0.15) is 0 Å². The molecule has 1 unspecified atom stereocenters. The molecular weight excluding hydrogens is 411 g/mol. The lowest BCUT2D eigenvalue weighted by Crippen LogP contribution is -2.37. The average molecular weight is 438 g/mol. The average Bonchev–Trinajstić information content (AvgIpc) is 2.65. The predicted octanol–water partition coefficient (Wildman–Crippen LogP) is 3.90. The number of rotatable bonds is 5. The van der Waals surface area contributed by atoms with Gasteiger partial charge in [-0.15, -0.1) is 0 Å². The van der Waals surface area contributed by atoms with E-state index in [1.807, 2.05) is 13.0 Å². The maximum atomic E-state index is 12.1. The Balaban J connectivity index is 0.000000537. The van der Waals surface area contributed by atoms with Crippen LogP contribution in [-0.4, -0.2) is 52.0 Å². The van der Waals surface area contributed by atoms with Crippen LogP contribution in [0.25, 0.3) is 0 Å². The highest BCUT2D eigenvalue weighted by molar-refractivity contribution is 7.99. The normalized spacial score (nSPS) is 13.9. The maximum Gasteiger partial charge on any atom is 0.466 e. The van der Waals surface area contributed by atoms with E-state index in [0.717, 1.165) is 17.8 Å². The van der Waals surface area contributed by atoms with Crippen LogP contribution in [0, 0.1) is 0 Å². The molecule has 0 aliphatic carbocycles. The van der Waals surface area contributed by atoms with Gasteiger partial charge < -0.3 is 24.5 Å². The van der Waals surface area contributed by atoms with Gasteiger partial charge in [0.15, 0.2) is 5.78 Å². The summed E-state index contributed by atoms with van der Waals surface area (Å²) in [5.41, 5.74) is 3.18. The third-order valence-corrected chi connectivity index (χ3v) is 5.73. The number of ketones is 1. The van der Waals surface area contributed by atoms with E-state index >= 15 is 0 Å². The SMILES string of the molecule is CCC(=O)c1ccc2c(c1)N(CC(C)N(C)C)c1ccccc1S2.O=P(O)(O)O. The Hall–Kier alpha value is -1.67. The molecule has 2 aromatic rings. The van der Waals surface area contributed by atoms with Crippen LogP contribution < -0.4 is 4.90 Å². The molecule has 0 saturated heterocycles. The Kier molecular flexibility index (Phi) is 8.05. The van der Waals surface area contributed by atoms with E-state index in [0.29, 0.717) is 12.5 Å². The molecule has 1 aliphatic heterocycles. The minimum absolute atomic E-state index is 0.197. The summed E-state index contributed by atoms with van der Waals surface area (Å²) in [5.74, 6) is 0.197. The number of carbonyl (C=O) groups excluding carboxylic acids is 1. The highest BCUT2D eigenvalue weighted by Gasteiger charge is 2.25. The van der Waals surface area contributed by atoms with Gasteiger partial charge in [0.05, 0.1) is 11.4 Å². The van der Waals surface area contributed by atoms with Crippen molar-refractivity contribution in [2.75, 3.05) is 25.5 Å². The Labute approximate surface area is 175 Å². The summed E-state index contributed by atoms with van der Waals surface area (Å²) in [4.78, 5) is 40.8. The van der Waals surface area contributed by atoms with E-state index in [4.69, 9.17) is 19.2 Å². The summed E-state index contributed by atoms with van der Waals surface area (Å²) in [6, 6.07) is 15.0. The third-order valence-electron chi connectivity index (χ3n) is 4.60. The number of Topliss-reactive ketones (excluding diaryl/α,β-unsaturated/α-hetero) is 1. The van der Waals surface area contributed by atoms with Crippen LogP contribution in [0.2, 0.25) is 0 Å². The van der Waals surface area contributed by atoms with Crippen molar-refractivity contribution in [3.8, 4) is 0 Å². The van der Waals surface area contributed by atoms with Crippen molar-refractivity contribution in [2.45, 2.75) is 36.1 Å². The molecule has 1 aliphatic rings. The molecule has 0 radical (unpaired) electrons. The lowest BCUT2D eigenvalue weighted by Gasteiger charge is -2.36. The summed E-state index contributed by atoms with van der Waals surface area (Å²) in [6.07, 6.45) is 0.538. The second-order valence-electron chi connectivity index (χ2n) is 6.97. The molecule has 0 aromatic heterocycles. The predicted molar refractivity (Wildman–Crippen MR) is 116 cm³/mol. The molecule has 9 heteroatoms. The van der Waals surface area contributed by atoms with Crippen molar-refractivity contribution in [2.24, 2.45) is 0 Å². The molecule has 1 atom stereocenters. The Morgan fingerprint density at radius 3 is 2.28 bits per heavy atom. The third kappa shape index (κ3) is 6.67. The van der Waals surface area contributed by atoms with Gasteiger partial charge in [0, 0.05) is 34.4 Å². The number of hydrogen-bond acceptors (Lipinski definition) is 5. The van der Waals surface area contributed by atoms with Gasteiger partial charge in [-0.3, -0.25) is 4.79 Å². The summed E-state index contributed by atoms with van der Waals surface area (Å²) >= 11 is 1.78. The van der Waals surface area contributed by atoms with Crippen LogP contribution in [-0.2, 0) is 4.57 Å². The molecule has 158 valence electrons. The molecule has 0 bridgehead atoms. The molecule has 0 amide bonds. The zero-order valence-electron chi connectivity index (χ0n) is 16.9. The summed E-state index contributed by atoms with van der Waals surface area (Å²) < 4.78 is 8.88. The summed E-state index contributed by atoms with van der Waals surface area (Å²) in [6.45, 7) is 5.03. The number of anilines is 2. The minimum Gasteiger partial charge on any atom is -0.338 e. The monoisotopic (exact) mass is 438 g/mol. The second-order valence-corrected chi connectivity index (χ2v) is 9.08. The van der Waals surface area contributed by atoms with Gasteiger partial charge in [-0.05, 0) is 45.3 Å². The zero-order valence-corrected chi connectivity index (χ0v) is 18.7. The van der Waals surface area contributed by atoms with Crippen LogP contribution >= 0.6 is 19.6 Å². The second kappa shape index (κ2) is 9.89. The van der Waals surface area contributed by atoms with Gasteiger partial charge in [-0.2, -0.15) is 0 Å². The number of likely N-dealkylation sites (N-methyl/N-ethyl adjacent to an activating group) is 1. The number of carbonyl (C=O) groups is 1. The fourth-order valence-corrected chi connectivity index (χ4v) is 3.91. The highest BCUT2D eigenvalue weighted by Crippen LogP contribution is 2.48. The van der Waals surface area contributed by atoms with Crippen LogP contribution in [0.4, 0.5) is 11.4 Å². The number of nitrogens with zero attached hydrogens (tertiary/aromatic N) is 2. The lowest BCUT2D eigenvalue weighted by atomic mass is 10.1. The smallest absolute Gasteiger partial charge is 0.338 e. The number of hydrogen-bond donors (Lipinski definition) is 3. The first-order valence-corrected chi connectivity index (χ1v) is 11.6. The van der Waals surface area contributed by atoms with Crippen molar-refractivity contribution in [3.63, 3.8) is 0 Å². The molecular formula is C20H27N2O5PS. The van der Waals surface area contributed by atoms with Crippen molar-refractivity contribution in [3.05, 3.63) is 48.0 Å². The van der Waals surface area contributed by atoms with Crippen molar-refractivity contribution in [1.29, 1.82) is 0 Å². The molecule has 0 spiro atoms. The molecule has 7 nitrogen and oxygen atoms in total. The largest absolute Gasteiger partial charge is 0.466 e. The van der Waals surface area contributed by atoms with Crippen LogP contribution in [0.5, 0.6) is 0 Å². The first kappa shape index (κ1) is 23.6. The summed E-state index contributed by atoms with van der Waals surface area (Å²) in [5, 5.41) is 0. The number of fused-ring (bicyclic) bond motifs is 2. The number of phosphoric acid groups is 1. The van der Waals surface area contributed by atoms with Gasteiger partial charge in [0.25, 0.3) is 0 Å². The number of para-hydroxylation sites is 1. The van der Waals surface area contributed by atoms with Gasteiger partial charge in [0.2, 0.25) is 0 Å². The maximum absolute atomic E-state index is 12.1. The quantitative estimate of drug-likeness (QED) is 0.477. The van der Waals surface area contributed by atoms with Crippen molar-refractivity contribution in [1.82, 2.24) is 4.90 Å². The van der Waals surface area contributed by atoms with E-state index in [1.165, 1.54) is 15.5 Å². The van der Waals surface area contributed by atoms with Crippen molar-refractivity contribution < 1.29 is 24.0 Å².